The Morgan fingerprint density at radius 1 is 1.11 bits per heavy atom. The largest absolute Gasteiger partial charge is 0.298 e. The van der Waals surface area contributed by atoms with Crippen molar-refractivity contribution in [1.29, 1.82) is 0 Å². The summed E-state index contributed by atoms with van der Waals surface area (Å²) in [5.74, 6) is 0.331. The highest BCUT2D eigenvalue weighted by molar-refractivity contribution is 5.92. The third kappa shape index (κ3) is 2.19. The molecule has 19 heavy (non-hydrogen) atoms. The van der Waals surface area contributed by atoms with Gasteiger partial charge >= 0.3 is 0 Å². The first-order valence-electron chi connectivity index (χ1n) is 6.79. The average Bonchev–Trinajstić information content (AvgIpc) is 2.40. The van der Waals surface area contributed by atoms with E-state index in [9.17, 15) is 4.79 Å². The first-order valence-corrected chi connectivity index (χ1v) is 6.79. The van der Waals surface area contributed by atoms with Gasteiger partial charge in [-0.15, -0.1) is 0 Å². The Kier molecular flexibility index (Phi) is 3.16. The maximum absolute atomic E-state index is 12.7. The van der Waals surface area contributed by atoms with Crippen LogP contribution in [0.1, 0.15) is 30.4 Å². The Balaban J connectivity index is 1.85. The minimum absolute atomic E-state index is 0.239. The van der Waals surface area contributed by atoms with Gasteiger partial charge in [-0.2, -0.15) is 0 Å². The normalized spacial score (nSPS) is 16.6. The molecule has 0 saturated heterocycles. The molecule has 1 fully saturated rings. The number of carbonyl (C=O) groups excluding carboxylic acids is 1. The van der Waals surface area contributed by atoms with Crippen LogP contribution in [0.3, 0.4) is 0 Å². The molecule has 0 spiro atoms. The predicted molar refractivity (Wildman–Crippen MR) is 74.9 cm³/mol. The first kappa shape index (κ1) is 12.1. The second-order valence-electron chi connectivity index (χ2n) is 5.26. The molecule has 0 atom stereocenters. The molecule has 2 aromatic rings. The topological polar surface area (TPSA) is 30.0 Å². The molecule has 2 nitrogen and oxygen atoms in total. The van der Waals surface area contributed by atoms with E-state index in [-0.39, 0.29) is 5.41 Å². The summed E-state index contributed by atoms with van der Waals surface area (Å²) in [5.41, 5.74) is 1.95. The number of hydrogen-bond acceptors (Lipinski definition) is 2. The number of nitrogens with zero attached hydrogens (tertiary/aromatic N) is 1. The summed E-state index contributed by atoms with van der Waals surface area (Å²) >= 11 is 0. The summed E-state index contributed by atoms with van der Waals surface area (Å²) in [4.78, 5) is 16.8. The third-order valence-corrected chi connectivity index (χ3v) is 4.15. The van der Waals surface area contributed by atoms with Crippen molar-refractivity contribution in [3.63, 3.8) is 0 Å². The number of benzene rings is 1. The predicted octanol–water partition coefficient (Wildman–Crippen LogP) is 3.32. The van der Waals surface area contributed by atoms with Gasteiger partial charge in [-0.05, 0) is 30.0 Å². The summed E-state index contributed by atoms with van der Waals surface area (Å²) in [6.45, 7) is 0. The molecule has 0 amide bonds. The van der Waals surface area contributed by atoms with Crippen LogP contribution < -0.4 is 0 Å². The third-order valence-electron chi connectivity index (χ3n) is 4.15. The molecule has 0 N–H and O–H groups in total. The summed E-state index contributed by atoms with van der Waals surface area (Å²) in [5, 5.41) is 0. The molecular formula is C17H17NO. The quantitative estimate of drug-likeness (QED) is 0.834. The van der Waals surface area contributed by atoms with Crippen molar-refractivity contribution in [2.24, 2.45) is 0 Å². The molecule has 1 aliphatic rings. The molecule has 3 rings (SSSR count). The minimum atomic E-state index is -0.239. The summed E-state index contributed by atoms with van der Waals surface area (Å²) < 4.78 is 0. The molecule has 0 bridgehead atoms. The molecule has 1 aromatic heterocycles. The second-order valence-corrected chi connectivity index (χ2v) is 5.26. The van der Waals surface area contributed by atoms with Crippen LogP contribution in [-0.2, 0) is 16.6 Å². The number of rotatable bonds is 4. The van der Waals surface area contributed by atoms with Crippen LogP contribution in [0.15, 0.2) is 54.9 Å². The van der Waals surface area contributed by atoms with E-state index in [1.54, 1.807) is 12.4 Å². The molecule has 1 aliphatic carbocycles. The van der Waals surface area contributed by atoms with Gasteiger partial charge in [-0.1, -0.05) is 42.8 Å². The number of hydrogen-bond donors (Lipinski definition) is 0. The van der Waals surface area contributed by atoms with Gasteiger partial charge < -0.3 is 0 Å². The van der Waals surface area contributed by atoms with E-state index in [2.05, 4.69) is 17.1 Å². The Morgan fingerprint density at radius 3 is 2.47 bits per heavy atom. The smallest absolute Gasteiger partial charge is 0.147 e. The Labute approximate surface area is 113 Å². The zero-order valence-electron chi connectivity index (χ0n) is 10.9. The molecule has 96 valence electrons. The van der Waals surface area contributed by atoms with Crippen molar-refractivity contribution in [2.75, 3.05) is 0 Å². The van der Waals surface area contributed by atoms with Crippen LogP contribution in [0, 0.1) is 0 Å². The minimum Gasteiger partial charge on any atom is -0.298 e. The number of ketones is 1. The SMILES string of the molecule is O=C(Cc1cccnc1)C1(c2ccccc2)CCC1. The highest BCUT2D eigenvalue weighted by atomic mass is 16.1. The molecule has 1 heterocycles. The van der Waals surface area contributed by atoms with E-state index in [4.69, 9.17) is 0 Å². The van der Waals surface area contributed by atoms with E-state index in [1.807, 2.05) is 30.3 Å². The van der Waals surface area contributed by atoms with Gasteiger partial charge in [-0.3, -0.25) is 9.78 Å². The van der Waals surface area contributed by atoms with Crippen LogP contribution >= 0.6 is 0 Å². The van der Waals surface area contributed by atoms with Gasteiger partial charge in [0.25, 0.3) is 0 Å². The standard InChI is InChI=1S/C17H17NO/c19-16(12-14-6-4-11-18-13-14)17(9-5-10-17)15-7-2-1-3-8-15/h1-4,6-8,11,13H,5,9-10,12H2. The van der Waals surface area contributed by atoms with Gasteiger partial charge in [0.15, 0.2) is 0 Å². The van der Waals surface area contributed by atoms with Crippen molar-refractivity contribution in [1.82, 2.24) is 4.98 Å². The van der Waals surface area contributed by atoms with Gasteiger partial charge in [0, 0.05) is 18.8 Å². The molecule has 0 radical (unpaired) electrons. The van der Waals surface area contributed by atoms with Gasteiger partial charge in [0.2, 0.25) is 0 Å². The van der Waals surface area contributed by atoms with Crippen LogP contribution in [0.5, 0.6) is 0 Å². The number of Topliss-reactive ketones (excluding diaryl/α,β-unsaturated/α-hetero) is 1. The molecule has 0 aliphatic heterocycles. The van der Waals surface area contributed by atoms with Crippen LogP contribution in [0.4, 0.5) is 0 Å². The van der Waals surface area contributed by atoms with Crippen molar-refractivity contribution >= 4 is 5.78 Å². The zero-order valence-corrected chi connectivity index (χ0v) is 10.9. The van der Waals surface area contributed by atoms with Gasteiger partial charge in [-0.25, -0.2) is 0 Å². The van der Waals surface area contributed by atoms with Crippen LogP contribution in [0.2, 0.25) is 0 Å². The molecule has 0 unspecified atom stereocenters. The maximum Gasteiger partial charge on any atom is 0.147 e. The van der Waals surface area contributed by atoms with Crippen molar-refractivity contribution in [3.05, 3.63) is 66.0 Å². The lowest BCUT2D eigenvalue weighted by molar-refractivity contribution is -0.127. The number of aromatic nitrogens is 1. The van der Waals surface area contributed by atoms with Crippen molar-refractivity contribution < 1.29 is 4.79 Å². The van der Waals surface area contributed by atoms with E-state index < -0.39 is 0 Å². The van der Waals surface area contributed by atoms with Crippen LogP contribution in [-0.4, -0.2) is 10.8 Å². The van der Waals surface area contributed by atoms with Crippen LogP contribution in [0.25, 0.3) is 0 Å². The number of pyridine rings is 1. The van der Waals surface area contributed by atoms with Crippen molar-refractivity contribution in [3.8, 4) is 0 Å². The number of carbonyl (C=O) groups is 1. The Bertz CT molecular complexity index is 558. The fraction of sp³-hybridized carbons (Fsp3) is 0.294. The van der Waals surface area contributed by atoms with Crippen molar-refractivity contribution in [2.45, 2.75) is 31.1 Å². The van der Waals surface area contributed by atoms with E-state index >= 15 is 0 Å². The monoisotopic (exact) mass is 251 g/mol. The maximum atomic E-state index is 12.7. The highest BCUT2D eigenvalue weighted by Crippen LogP contribution is 2.45. The molecular weight excluding hydrogens is 234 g/mol. The lowest BCUT2D eigenvalue weighted by Crippen LogP contribution is -2.43. The highest BCUT2D eigenvalue weighted by Gasteiger charge is 2.44. The fourth-order valence-corrected chi connectivity index (χ4v) is 2.87. The summed E-state index contributed by atoms with van der Waals surface area (Å²) in [6.07, 6.45) is 7.13. The first-order chi connectivity index (χ1) is 9.31. The van der Waals surface area contributed by atoms with E-state index in [0.717, 1.165) is 24.8 Å². The molecule has 2 heteroatoms. The van der Waals surface area contributed by atoms with E-state index in [0.29, 0.717) is 12.2 Å². The summed E-state index contributed by atoms with van der Waals surface area (Å²) in [7, 11) is 0. The molecule has 1 aromatic carbocycles. The average molecular weight is 251 g/mol. The molecule has 1 saturated carbocycles. The zero-order chi connectivity index (χ0) is 13.1. The Morgan fingerprint density at radius 2 is 1.89 bits per heavy atom. The van der Waals surface area contributed by atoms with Gasteiger partial charge in [0.05, 0.1) is 5.41 Å². The second kappa shape index (κ2) is 4.96. The summed E-state index contributed by atoms with van der Waals surface area (Å²) in [6, 6.07) is 14.1. The lowest BCUT2D eigenvalue weighted by Gasteiger charge is -2.41. The lowest BCUT2D eigenvalue weighted by atomic mass is 9.61. The van der Waals surface area contributed by atoms with E-state index in [1.165, 1.54) is 5.56 Å². The van der Waals surface area contributed by atoms with Gasteiger partial charge in [0.1, 0.15) is 5.78 Å². The fourth-order valence-electron chi connectivity index (χ4n) is 2.87. The Hall–Kier alpha value is -1.96.